The number of nitrogens with one attached hydrogen (secondary N) is 1. The summed E-state index contributed by atoms with van der Waals surface area (Å²) in [6.45, 7) is 0.818. The molecule has 1 N–H and O–H groups in total. The molecule has 1 unspecified atom stereocenters. The molecular formula is C9H10BrNOS. The Morgan fingerprint density at radius 2 is 2.38 bits per heavy atom. The van der Waals surface area contributed by atoms with Crippen molar-refractivity contribution in [2.75, 3.05) is 6.54 Å². The van der Waals surface area contributed by atoms with Crippen molar-refractivity contribution in [3.63, 3.8) is 0 Å². The SMILES string of the molecule is O=C1CCNC(c2ccc(Br)s2)C1. The van der Waals surface area contributed by atoms with E-state index in [4.69, 9.17) is 0 Å². The van der Waals surface area contributed by atoms with Crippen LogP contribution in [0, 0.1) is 0 Å². The van der Waals surface area contributed by atoms with Gasteiger partial charge in [-0.2, -0.15) is 0 Å². The van der Waals surface area contributed by atoms with Crippen molar-refractivity contribution in [2.45, 2.75) is 18.9 Å². The molecule has 0 spiro atoms. The molecule has 0 bridgehead atoms. The van der Waals surface area contributed by atoms with Crippen molar-refractivity contribution < 1.29 is 4.79 Å². The van der Waals surface area contributed by atoms with Gasteiger partial charge in [-0.05, 0) is 28.1 Å². The van der Waals surface area contributed by atoms with Gasteiger partial charge in [-0.25, -0.2) is 0 Å². The maximum absolute atomic E-state index is 11.2. The standard InChI is InChI=1S/C9H10BrNOS/c10-9-2-1-8(13-9)7-5-6(12)3-4-11-7/h1-2,7,11H,3-5H2. The van der Waals surface area contributed by atoms with E-state index in [0.717, 1.165) is 10.3 Å². The lowest BCUT2D eigenvalue weighted by atomic mass is 10.0. The monoisotopic (exact) mass is 259 g/mol. The second-order valence-corrected chi connectivity index (χ2v) is 5.64. The molecule has 0 aliphatic carbocycles. The van der Waals surface area contributed by atoms with Crippen LogP contribution in [-0.2, 0) is 4.79 Å². The van der Waals surface area contributed by atoms with E-state index >= 15 is 0 Å². The van der Waals surface area contributed by atoms with E-state index in [9.17, 15) is 4.79 Å². The molecule has 2 rings (SSSR count). The minimum atomic E-state index is 0.248. The highest BCUT2D eigenvalue weighted by Gasteiger charge is 2.21. The topological polar surface area (TPSA) is 29.1 Å². The first kappa shape index (κ1) is 9.37. The second kappa shape index (κ2) is 3.90. The van der Waals surface area contributed by atoms with E-state index in [1.165, 1.54) is 4.88 Å². The number of Topliss-reactive ketones (excluding diaryl/α,β-unsaturated/α-hetero) is 1. The van der Waals surface area contributed by atoms with E-state index in [-0.39, 0.29) is 6.04 Å². The first-order chi connectivity index (χ1) is 6.25. The number of piperidine rings is 1. The van der Waals surface area contributed by atoms with Crippen LogP contribution in [0.25, 0.3) is 0 Å². The molecule has 1 aliphatic rings. The smallest absolute Gasteiger partial charge is 0.136 e. The summed E-state index contributed by atoms with van der Waals surface area (Å²) in [5.41, 5.74) is 0. The first-order valence-corrected chi connectivity index (χ1v) is 5.87. The van der Waals surface area contributed by atoms with Gasteiger partial charge in [0.1, 0.15) is 5.78 Å². The molecule has 1 aromatic heterocycles. The van der Waals surface area contributed by atoms with Crippen LogP contribution >= 0.6 is 27.3 Å². The van der Waals surface area contributed by atoms with Crippen LogP contribution in [-0.4, -0.2) is 12.3 Å². The Hall–Kier alpha value is -0.190. The fourth-order valence-corrected chi connectivity index (χ4v) is 3.00. The summed E-state index contributed by atoms with van der Waals surface area (Å²) in [4.78, 5) is 12.5. The Labute approximate surface area is 89.5 Å². The van der Waals surface area contributed by atoms with Crippen LogP contribution in [0.15, 0.2) is 15.9 Å². The minimum absolute atomic E-state index is 0.248. The van der Waals surface area contributed by atoms with E-state index in [2.05, 4.69) is 27.3 Å². The van der Waals surface area contributed by atoms with Crippen LogP contribution in [0.4, 0.5) is 0 Å². The van der Waals surface area contributed by atoms with Crippen molar-refractivity contribution in [3.8, 4) is 0 Å². The van der Waals surface area contributed by atoms with Crippen molar-refractivity contribution in [1.82, 2.24) is 5.32 Å². The lowest BCUT2D eigenvalue weighted by Crippen LogP contribution is -2.31. The highest BCUT2D eigenvalue weighted by atomic mass is 79.9. The number of hydrogen-bond donors (Lipinski definition) is 1. The lowest BCUT2D eigenvalue weighted by molar-refractivity contribution is -0.120. The van der Waals surface area contributed by atoms with Gasteiger partial charge in [0.15, 0.2) is 0 Å². The Kier molecular flexibility index (Phi) is 2.81. The maximum atomic E-state index is 11.2. The third-order valence-corrected chi connectivity index (χ3v) is 3.90. The Balaban J connectivity index is 2.12. The summed E-state index contributed by atoms with van der Waals surface area (Å²) < 4.78 is 1.13. The van der Waals surface area contributed by atoms with Gasteiger partial charge in [0.05, 0.1) is 3.79 Å². The molecule has 1 aliphatic heterocycles. The van der Waals surface area contributed by atoms with Crippen molar-refractivity contribution in [3.05, 3.63) is 20.8 Å². The van der Waals surface area contributed by atoms with Gasteiger partial charge in [-0.1, -0.05) is 0 Å². The van der Waals surface area contributed by atoms with Gasteiger partial charge < -0.3 is 5.32 Å². The van der Waals surface area contributed by atoms with Crippen LogP contribution in [0.1, 0.15) is 23.8 Å². The molecule has 1 saturated heterocycles. The summed E-state index contributed by atoms with van der Waals surface area (Å²) in [6, 6.07) is 4.35. The third kappa shape index (κ3) is 2.18. The van der Waals surface area contributed by atoms with E-state index in [1.807, 2.05) is 6.07 Å². The van der Waals surface area contributed by atoms with Gasteiger partial charge in [0.25, 0.3) is 0 Å². The van der Waals surface area contributed by atoms with E-state index < -0.39 is 0 Å². The van der Waals surface area contributed by atoms with Crippen molar-refractivity contribution in [1.29, 1.82) is 0 Å². The normalized spacial score (nSPS) is 23.5. The molecule has 0 radical (unpaired) electrons. The van der Waals surface area contributed by atoms with Crippen molar-refractivity contribution in [2.24, 2.45) is 0 Å². The summed E-state index contributed by atoms with van der Waals surface area (Å²) in [7, 11) is 0. The molecule has 0 amide bonds. The third-order valence-electron chi connectivity index (χ3n) is 2.16. The van der Waals surface area contributed by atoms with Crippen LogP contribution in [0.5, 0.6) is 0 Å². The van der Waals surface area contributed by atoms with Gasteiger partial charge in [0.2, 0.25) is 0 Å². The zero-order valence-corrected chi connectivity index (χ0v) is 9.45. The molecule has 4 heteroatoms. The van der Waals surface area contributed by atoms with Gasteiger partial charge in [-0.3, -0.25) is 4.79 Å². The molecule has 2 heterocycles. The number of halogens is 1. The average Bonchev–Trinajstić information content (AvgIpc) is 2.52. The molecule has 1 aromatic rings. The number of carbonyl (C=O) groups is 1. The highest BCUT2D eigenvalue weighted by molar-refractivity contribution is 9.11. The van der Waals surface area contributed by atoms with Gasteiger partial charge >= 0.3 is 0 Å². The Bertz CT molecular complexity index is 323. The first-order valence-electron chi connectivity index (χ1n) is 4.26. The quantitative estimate of drug-likeness (QED) is 0.840. The predicted octanol–water partition coefficient (Wildman–Crippen LogP) is 2.50. The molecule has 13 heavy (non-hydrogen) atoms. The minimum Gasteiger partial charge on any atom is -0.308 e. The Morgan fingerprint density at radius 3 is 3.00 bits per heavy atom. The molecule has 0 aromatic carbocycles. The fraction of sp³-hybridized carbons (Fsp3) is 0.444. The fourth-order valence-electron chi connectivity index (χ4n) is 1.50. The largest absolute Gasteiger partial charge is 0.308 e. The summed E-state index contributed by atoms with van der Waals surface area (Å²) in [5.74, 6) is 0.369. The van der Waals surface area contributed by atoms with E-state index in [0.29, 0.717) is 18.6 Å². The summed E-state index contributed by atoms with van der Waals surface area (Å²) >= 11 is 5.12. The molecule has 2 nitrogen and oxygen atoms in total. The average molecular weight is 260 g/mol. The van der Waals surface area contributed by atoms with Crippen molar-refractivity contribution >= 4 is 33.0 Å². The number of rotatable bonds is 1. The van der Waals surface area contributed by atoms with Gasteiger partial charge in [0, 0.05) is 30.3 Å². The zero-order valence-electron chi connectivity index (χ0n) is 7.05. The van der Waals surface area contributed by atoms with Crippen LogP contribution in [0.2, 0.25) is 0 Å². The Morgan fingerprint density at radius 1 is 1.54 bits per heavy atom. The molecule has 0 saturated carbocycles. The number of carbonyl (C=O) groups excluding carboxylic acids is 1. The van der Waals surface area contributed by atoms with E-state index in [1.54, 1.807) is 11.3 Å². The lowest BCUT2D eigenvalue weighted by Gasteiger charge is -2.21. The van der Waals surface area contributed by atoms with Crippen LogP contribution < -0.4 is 5.32 Å². The summed E-state index contributed by atoms with van der Waals surface area (Å²) in [6.07, 6.45) is 1.33. The molecule has 70 valence electrons. The maximum Gasteiger partial charge on any atom is 0.136 e. The van der Waals surface area contributed by atoms with Crippen LogP contribution in [0.3, 0.4) is 0 Å². The number of ketones is 1. The number of hydrogen-bond acceptors (Lipinski definition) is 3. The van der Waals surface area contributed by atoms with Gasteiger partial charge in [-0.15, -0.1) is 11.3 Å². The molecule has 1 atom stereocenters. The predicted molar refractivity (Wildman–Crippen MR) is 57.0 cm³/mol. The molecular weight excluding hydrogens is 250 g/mol. The second-order valence-electron chi connectivity index (χ2n) is 3.14. The number of thiophene rings is 1. The molecule has 1 fully saturated rings. The zero-order chi connectivity index (χ0) is 9.26. The highest BCUT2D eigenvalue weighted by Crippen LogP contribution is 2.30. The summed E-state index contributed by atoms with van der Waals surface area (Å²) in [5, 5.41) is 3.35.